The van der Waals surface area contributed by atoms with Crippen LogP contribution < -0.4 is 11.1 Å². The Morgan fingerprint density at radius 3 is 2.63 bits per heavy atom. The predicted octanol–water partition coefficient (Wildman–Crippen LogP) is 3.41. The Kier molecular flexibility index (Phi) is 4.43. The van der Waals surface area contributed by atoms with Gasteiger partial charge in [0.1, 0.15) is 12.1 Å². The lowest BCUT2D eigenvalue weighted by Gasteiger charge is -2.10. The molecule has 0 atom stereocenters. The molecule has 0 unspecified atom stereocenters. The third-order valence-electron chi connectivity index (χ3n) is 4.28. The molecule has 7 heteroatoms. The third-order valence-corrected chi connectivity index (χ3v) is 4.28. The summed E-state index contributed by atoms with van der Waals surface area (Å²) in [5.74, 6) is 1.20. The molecule has 0 bridgehead atoms. The lowest BCUT2D eigenvalue weighted by molar-refractivity contribution is 0.402. The molecule has 0 saturated carbocycles. The maximum atomic E-state index is 5.88. The summed E-state index contributed by atoms with van der Waals surface area (Å²) in [6.45, 7) is 0.913. The van der Waals surface area contributed by atoms with Gasteiger partial charge in [-0.05, 0) is 37.9 Å². The maximum Gasteiger partial charge on any atom is 0.153 e. The quantitative estimate of drug-likeness (QED) is 0.505. The molecule has 136 valence electrons. The Bertz CT molecular complexity index is 1070. The van der Waals surface area contributed by atoms with Crippen LogP contribution in [0, 0.1) is 0 Å². The second kappa shape index (κ2) is 7.05. The van der Waals surface area contributed by atoms with Crippen molar-refractivity contribution in [2.45, 2.75) is 6.54 Å². The summed E-state index contributed by atoms with van der Waals surface area (Å²) in [7, 11) is 4.12. The van der Waals surface area contributed by atoms with Gasteiger partial charge in [0.05, 0.1) is 11.2 Å². The molecule has 0 saturated heterocycles. The van der Waals surface area contributed by atoms with E-state index >= 15 is 0 Å². The van der Waals surface area contributed by atoms with Gasteiger partial charge in [0, 0.05) is 29.2 Å². The fourth-order valence-electron chi connectivity index (χ4n) is 2.99. The number of nitrogens with zero attached hydrogens (tertiary/aromatic N) is 4. The lowest BCUT2D eigenvalue weighted by Crippen LogP contribution is -2.10. The number of rotatable bonds is 5. The Balaban J connectivity index is 1.57. The number of aromatic amines is 1. The first kappa shape index (κ1) is 17.0. The Hall–Kier alpha value is -3.45. The Labute approximate surface area is 157 Å². The first-order valence-electron chi connectivity index (χ1n) is 8.65. The van der Waals surface area contributed by atoms with Crippen LogP contribution in [0.2, 0.25) is 0 Å². The van der Waals surface area contributed by atoms with Crippen molar-refractivity contribution in [3.8, 4) is 11.3 Å². The fourth-order valence-corrected chi connectivity index (χ4v) is 2.99. The summed E-state index contributed by atoms with van der Waals surface area (Å²) in [6, 6.07) is 16.2. The molecular weight excluding hydrogens is 338 g/mol. The number of nitrogens with two attached hydrogens (primary N) is 1. The number of nitrogens with one attached hydrogen (secondary N) is 2. The van der Waals surface area contributed by atoms with Crippen LogP contribution in [0.1, 0.15) is 5.56 Å². The summed E-state index contributed by atoms with van der Waals surface area (Å²) in [4.78, 5) is 10.9. The van der Waals surface area contributed by atoms with Crippen molar-refractivity contribution in [1.82, 2.24) is 25.1 Å². The standard InChI is InChI=1S/C20H21N7/c1-27(2)11-13-3-5-14(6-4-13)18-10-19(23-12-22-18)24-15-7-8-17-16(9-15)20(21)26-25-17/h3-10,12H,11H2,1-2H3,(H3,21,25,26)(H,22,23,24). The summed E-state index contributed by atoms with van der Waals surface area (Å²) in [5.41, 5.74) is 10.9. The molecule has 7 nitrogen and oxygen atoms in total. The molecule has 4 rings (SSSR count). The van der Waals surface area contributed by atoms with Crippen LogP contribution in [0.5, 0.6) is 0 Å². The average Bonchev–Trinajstić information content (AvgIpc) is 3.03. The fraction of sp³-hybridized carbons (Fsp3) is 0.150. The molecule has 2 heterocycles. The van der Waals surface area contributed by atoms with Crippen molar-refractivity contribution < 1.29 is 0 Å². The summed E-state index contributed by atoms with van der Waals surface area (Å²) in [5, 5.41) is 11.1. The van der Waals surface area contributed by atoms with Gasteiger partial charge in [0.15, 0.2) is 5.82 Å². The number of H-pyrrole nitrogens is 1. The van der Waals surface area contributed by atoms with E-state index in [9.17, 15) is 0 Å². The molecule has 0 radical (unpaired) electrons. The number of nitrogen functional groups attached to an aromatic ring is 1. The number of hydrogen-bond acceptors (Lipinski definition) is 6. The highest BCUT2D eigenvalue weighted by Crippen LogP contribution is 2.25. The molecule has 2 aromatic heterocycles. The largest absolute Gasteiger partial charge is 0.382 e. The van der Waals surface area contributed by atoms with E-state index in [1.54, 1.807) is 6.33 Å². The third kappa shape index (κ3) is 3.73. The van der Waals surface area contributed by atoms with Crippen molar-refractivity contribution in [3.05, 3.63) is 60.4 Å². The van der Waals surface area contributed by atoms with E-state index in [-0.39, 0.29) is 0 Å². The van der Waals surface area contributed by atoms with E-state index < -0.39 is 0 Å². The highest BCUT2D eigenvalue weighted by atomic mass is 15.1. The van der Waals surface area contributed by atoms with Gasteiger partial charge in [-0.15, -0.1) is 0 Å². The van der Waals surface area contributed by atoms with Crippen LogP contribution in [-0.4, -0.2) is 39.2 Å². The zero-order valence-electron chi connectivity index (χ0n) is 15.3. The Morgan fingerprint density at radius 2 is 1.85 bits per heavy atom. The molecule has 0 aliphatic carbocycles. The van der Waals surface area contributed by atoms with E-state index in [1.807, 2.05) is 24.3 Å². The topological polar surface area (TPSA) is 95.8 Å². The second-order valence-corrected chi connectivity index (χ2v) is 6.72. The van der Waals surface area contributed by atoms with Crippen LogP contribution in [0.15, 0.2) is 54.9 Å². The van der Waals surface area contributed by atoms with E-state index in [2.05, 4.69) is 68.7 Å². The van der Waals surface area contributed by atoms with Gasteiger partial charge in [-0.3, -0.25) is 5.10 Å². The molecule has 0 amide bonds. The Morgan fingerprint density at radius 1 is 1.04 bits per heavy atom. The zero-order chi connectivity index (χ0) is 18.8. The minimum absolute atomic E-state index is 0.481. The second-order valence-electron chi connectivity index (χ2n) is 6.72. The highest BCUT2D eigenvalue weighted by molar-refractivity contribution is 5.91. The number of anilines is 3. The number of fused-ring (bicyclic) bond motifs is 1. The normalized spacial score (nSPS) is 11.2. The minimum Gasteiger partial charge on any atom is -0.382 e. The predicted molar refractivity (Wildman–Crippen MR) is 109 cm³/mol. The monoisotopic (exact) mass is 359 g/mol. The van der Waals surface area contributed by atoms with E-state index in [1.165, 1.54) is 5.56 Å². The van der Waals surface area contributed by atoms with Gasteiger partial charge >= 0.3 is 0 Å². The number of benzene rings is 2. The van der Waals surface area contributed by atoms with Gasteiger partial charge in [-0.25, -0.2) is 9.97 Å². The highest BCUT2D eigenvalue weighted by Gasteiger charge is 2.06. The summed E-state index contributed by atoms with van der Waals surface area (Å²) >= 11 is 0. The van der Waals surface area contributed by atoms with Crippen LogP contribution >= 0.6 is 0 Å². The van der Waals surface area contributed by atoms with Gasteiger partial charge < -0.3 is 16.0 Å². The molecule has 0 fully saturated rings. The molecule has 2 aromatic carbocycles. The molecule has 0 aliphatic heterocycles. The van der Waals surface area contributed by atoms with Crippen LogP contribution in [0.25, 0.3) is 22.2 Å². The molecule has 0 spiro atoms. The van der Waals surface area contributed by atoms with Crippen molar-refractivity contribution in [3.63, 3.8) is 0 Å². The summed E-state index contributed by atoms with van der Waals surface area (Å²) < 4.78 is 0. The molecular formula is C20H21N7. The van der Waals surface area contributed by atoms with Crippen molar-refractivity contribution >= 4 is 28.2 Å². The minimum atomic E-state index is 0.481. The van der Waals surface area contributed by atoms with Gasteiger partial charge in [-0.2, -0.15) is 5.10 Å². The lowest BCUT2D eigenvalue weighted by atomic mass is 10.1. The first-order valence-corrected chi connectivity index (χ1v) is 8.65. The SMILES string of the molecule is CN(C)Cc1ccc(-c2cc(Nc3ccc4[nH]nc(N)c4c3)ncn2)cc1. The van der Waals surface area contributed by atoms with E-state index in [0.717, 1.165) is 40.2 Å². The molecule has 4 N–H and O–H groups in total. The number of hydrogen-bond donors (Lipinski definition) is 3. The molecule has 4 aromatic rings. The van der Waals surface area contributed by atoms with Crippen molar-refractivity contribution in [1.29, 1.82) is 0 Å². The van der Waals surface area contributed by atoms with Crippen LogP contribution in [0.4, 0.5) is 17.3 Å². The van der Waals surface area contributed by atoms with Gasteiger partial charge in [0.25, 0.3) is 0 Å². The molecule has 27 heavy (non-hydrogen) atoms. The van der Waals surface area contributed by atoms with Gasteiger partial charge in [0.2, 0.25) is 0 Å². The number of aromatic nitrogens is 4. The van der Waals surface area contributed by atoms with Crippen LogP contribution in [0.3, 0.4) is 0 Å². The first-order chi connectivity index (χ1) is 13.1. The van der Waals surface area contributed by atoms with Crippen LogP contribution in [-0.2, 0) is 6.54 Å². The molecule has 0 aliphatic rings. The van der Waals surface area contributed by atoms with Crippen molar-refractivity contribution in [2.75, 3.05) is 25.1 Å². The van der Waals surface area contributed by atoms with Crippen molar-refractivity contribution in [2.24, 2.45) is 0 Å². The van der Waals surface area contributed by atoms with E-state index in [4.69, 9.17) is 5.73 Å². The average molecular weight is 359 g/mol. The van der Waals surface area contributed by atoms with Gasteiger partial charge in [-0.1, -0.05) is 24.3 Å². The maximum absolute atomic E-state index is 5.88. The zero-order valence-corrected chi connectivity index (χ0v) is 15.3. The smallest absolute Gasteiger partial charge is 0.153 e. The summed E-state index contributed by atoms with van der Waals surface area (Å²) in [6.07, 6.45) is 1.57. The van der Waals surface area contributed by atoms with E-state index in [0.29, 0.717) is 5.82 Å².